The van der Waals surface area contributed by atoms with Crippen LogP contribution in [0.4, 0.5) is 0 Å². The molecule has 0 bridgehead atoms. The Kier molecular flexibility index (Phi) is 5.63. The molecule has 0 unspecified atom stereocenters. The number of methoxy groups -OCH3 is 1. The second-order valence-electron chi connectivity index (χ2n) is 3.04. The predicted molar refractivity (Wildman–Crippen MR) is 66.9 cm³/mol. The van der Waals surface area contributed by atoms with Crippen molar-refractivity contribution in [3.63, 3.8) is 0 Å². The topological polar surface area (TPSA) is 35.5 Å². The maximum Gasteiger partial charge on any atom is 0.175 e. The van der Waals surface area contributed by atoms with Gasteiger partial charge in [0.05, 0.1) is 18.2 Å². The SMILES string of the molecule is COc1cc(C=O)cc(Br)c1OCCCCl. The smallest absolute Gasteiger partial charge is 0.175 e. The van der Waals surface area contributed by atoms with E-state index in [2.05, 4.69) is 15.9 Å². The molecule has 0 aromatic heterocycles. The number of carbonyl (C=O) groups excluding carboxylic acids is 1. The van der Waals surface area contributed by atoms with Crippen LogP contribution in [0, 0.1) is 0 Å². The summed E-state index contributed by atoms with van der Waals surface area (Å²) in [5.74, 6) is 1.68. The lowest BCUT2D eigenvalue weighted by molar-refractivity contribution is 0.112. The summed E-state index contributed by atoms with van der Waals surface area (Å²) in [6.07, 6.45) is 1.52. The molecule has 0 amide bonds. The maximum atomic E-state index is 10.7. The van der Waals surface area contributed by atoms with E-state index in [-0.39, 0.29) is 0 Å². The number of hydrogen-bond donors (Lipinski definition) is 0. The van der Waals surface area contributed by atoms with Crippen LogP contribution in [0.25, 0.3) is 0 Å². The molecule has 1 aromatic carbocycles. The molecule has 0 N–H and O–H groups in total. The van der Waals surface area contributed by atoms with Crippen LogP contribution in [-0.2, 0) is 0 Å². The summed E-state index contributed by atoms with van der Waals surface area (Å²) in [4.78, 5) is 10.7. The molecule has 0 heterocycles. The first-order chi connectivity index (χ1) is 7.72. The Bertz CT molecular complexity index is 368. The van der Waals surface area contributed by atoms with Crippen LogP contribution in [0.3, 0.4) is 0 Å². The van der Waals surface area contributed by atoms with Gasteiger partial charge >= 0.3 is 0 Å². The van der Waals surface area contributed by atoms with E-state index in [1.54, 1.807) is 12.1 Å². The van der Waals surface area contributed by atoms with E-state index in [9.17, 15) is 4.79 Å². The average Bonchev–Trinajstić information content (AvgIpc) is 2.30. The van der Waals surface area contributed by atoms with Gasteiger partial charge in [-0.2, -0.15) is 0 Å². The first kappa shape index (κ1) is 13.3. The van der Waals surface area contributed by atoms with Crippen molar-refractivity contribution < 1.29 is 14.3 Å². The molecule has 0 spiro atoms. The van der Waals surface area contributed by atoms with Gasteiger partial charge in [0.1, 0.15) is 6.29 Å². The zero-order chi connectivity index (χ0) is 12.0. The Morgan fingerprint density at radius 1 is 1.50 bits per heavy atom. The highest BCUT2D eigenvalue weighted by Gasteiger charge is 2.11. The molecule has 0 aliphatic heterocycles. The van der Waals surface area contributed by atoms with Crippen molar-refractivity contribution in [2.75, 3.05) is 19.6 Å². The summed E-state index contributed by atoms with van der Waals surface area (Å²) in [5.41, 5.74) is 0.536. The minimum Gasteiger partial charge on any atom is -0.493 e. The van der Waals surface area contributed by atoms with Gasteiger partial charge in [-0.1, -0.05) is 0 Å². The Morgan fingerprint density at radius 2 is 2.25 bits per heavy atom. The second-order valence-corrected chi connectivity index (χ2v) is 4.28. The molecule has 0 atom stereocenters. The highest BCUT2D eigenvalue weighted by atomic mass is 79.9. The number of aldehydes is 1. The Balaban J connectivity index is 2.92. The molecule has 88 valence electrons. The number of carbonyl (C=O) groups is 1. The molecule has 0 saturated heterocycles. The number of hydrogen-bond acceptors (Lipinski definition) is 3. The molecular weight excluding hydrogens is 295 g/mol. The summed E-state index contributed by atoms with van der Waals surface area (Å²) in [6, 6.07) is 3.32. The molecule has 0 fully saturated rings. The maximum absolute atomic E-state index is 10.7. The molecule has 16 heavy (non-hydrogen) atoms. The largest absolute Gasteiger partial charge is 0.493 e. The van der Waals surface area contributed by atoms with Gasteiger partial charge in [-0.3, -0.25) is 4.79 Å². The van der Waals surface area contributed by atoms with Crippen molar-refractivity contribution in [2.45, 2.75) is 6.42 Å². The molecule has 3 nitrogen and oxygen atoms in total. The third-order valence-corrected chi connectivity index (χ3v) is 2.77. The molecule has 5 heteroatoms. The molecule has 1 rings (SSSR count). The van der Waals surface area contributed by atoms with Crippen molar-refractivity contribution in [1.82, 2.24) is 0 Å². The minimum absolute atomic E-state index is 0.513. The lowest BCUT2D eigenvalue weighted by Crippen LogP contribution is -2.01. The van der Waals surface area contributed by atoms with Gasteiger partial charge in [0.2, 0.25) is 0 Å². The summed E-state index contributed by atoms with van der Waals surface area (Å²) in [5, 5.41) is 0. The first-order valence-corrected chi connectivity index (χ1v) is 6.07. The van der Waals surface area contributed by atoms with Gasteiger partial charge in [0.15, 0.2) is 11.5 Å². The van der Waals surface area contributed by atoms with Gasteiger partial charge < -0.3 is 9.47 Å². The summed E-state index contributed by atoms with van der Waals surface area (Å²) < 4.78 is 11.4. The summed E-state index contributed by atoms with van der Waals surface area (Å²) in [6.45, 7) is 0.513. The Morgan fingerprint density at radius 3 is 2.81 bits per heavy atom. The quantitative estimate of drug-likeness (QED) is 0.460. The van der Waals surface area contributed by atoms with Crippen LogP contribution < -0.4 is 9.47 Å². The Hall–Kier alpha value is -0.740. The summed E-state index contributed by atoms with van der Waals surface area (Å²) in [7, 11) is 1.53. The first-order valence-electron chi connectivity index (χ1n) is 4.74. The van der Waals surface area contributed by atoms with Crippen LogP contribution in [0.5, 0.6) is 11.5 Å². The lowest BCUT2D eigenvalue weighted by atomic mass is 10.2. The number of halogens is 2. The fourth-order valence-corrected chi connectivity index (χ4v) is 1.86. The molecule has 0 saturated carbocycles. The predicted octanol–water partition coefficient (Wildman–Crippen LogP) is 3.28. The van der Waals surface area contributed by atoms with Crippen molar-refractivity contribution >= 4 is 33.8 Å². The number of ether oxygens (including phenoxy) is 2. The molecule has 0 aliphatic carbocycles. The molecule has 0 aliphatic rings. The van der Waals surface area contributed by atoms with Crippen LogP contribution in [0.15, 0.2) is 16.6 Å². The molecular formula is C11H12BrClO3. The number of benzene rings is 1. The standard InChI is InChI=1S/C11H12BrClO3/c1-15-10-6-8(7-14)5-9(12)11(10)16-4-2-3-13/h5-7H,2-4H2,1H3. The van der Waals surface area contributed by atoms with Crippen molar-refractivity contribution in [1.29, 1.82) is 0 Å². The number of alkyl halides is 1. The van der Waals surface area contributed by atoms with E-state index < -0.39 is 0 Å². The van der Waals surface area contributed by atoms with Crippen LogP contribution >= 0.6 is 27.5 Å². The van der Waals surface area contributed by atoms with Crippen LogP contribution in [0.2, 0.25) is 0 Å². The van der Waals surface area contributed by atoms with E-state index in [0.717, 1.165) is 12.7 Å². The van der Waals surface area contributed by atoms with E-state index in [1.807, 2.05) is 0 Å². The average molecular weight is 308 g/mol. The van der Waals surface area contributed by atoms with E-state index in [1.165, 1.54) is 7.11 Å². The highest BCUT2D eigenvalue weighted by Crippen LogP contribution is 2.36. The third kappa shape index (κ3) is 3.39. The zero-order valence-corrected chi connectivity index (χ0v) is 11.2. The van der Waals surface area contributed by atoms with Crippen molar-refractivity contribution in [3.8, 4) is 11.5 Å². The molecule has 1 aromatic rings. The fourth-order valence-electron chi connectivity index (χ4n) is 1.18. The highest BCUT2D eigenvalue weighted by molar-refractivity contribution is 9.10. The fraction of sp³-hybridized carbons (Fsp3) is 0.364. The van der Waals surface area contributed by atoms with Gasteiger partial charge in [-0.25, -0.2) is 0 Å². The lowest BCUT2D eigenvalue weighted by Gasteiger charge is -2.12. The zero-order valence-electron chi connectivity index (χ0n) is 8.83. The second kappa shape index (κ2) is 6.76. The van der Waals surface area contributed by atoms with Crippen molar-refractivity contribution in [2.24, 2.45) is 0 Å². The van der Waals surface area contributed by atoms with E-state index >= 15 is 0 Å². The summed E-state index contributed by atoms with van der Waals surface area (Å²) >= 11 is 8.89. The normalized spacial score (nSPS) is 9.94. The van der Waals surface area contributed by atoms with Gasteiger partial charge in [0, 0.05) is 11.4 Å². The Labute approximate surface area is 108 Å². The van der Waals surface area contributed by atoms with Gasteiger partial charge in [-0.05, 0) is 34.5 Å². The van der Waals surface area contributed by atoms with Crippen molar-refractivity contribution in [3.05, 3.63) is 22.2 Å². The third-order valence-electron chi connectivity index (χ3n) is 1.91. The van der Waals surface area contributed by atoms with E-state index in [0.29, 0.717) is 34.0 Å². The molecule has 0 radical (unpaired) electrons. The van der Waals surface area contributed by atoms with Gasteiger partial charge in [0.25, 0.3) is 0 Å². The van der Waals surface area contributed by atoms with E-state index in [4.69, 9.17) is 21.1 Å². The number of rotatable bonds is 6. The van der Waals surface area contributed by atoms with Gasteiger partial charge in [-0.15, -0.1) is 11.6 Å². The monoisotopic (exact) mass is 306 g/mol. The van der Waals surface area contributed by atoms with Crippen LogP contribution in [0.1, 0.15) is 16.8 Å². The minimum atomic E-state index is 0.513. The van der Waals surface area contributed by atoms with Crippen LogP contribution in [-0.4, -0.2) is 25.9 Å².